The maximum absolute atomic E-state index is 12.6. The van der Waals surface area contributed by atoms with E-state index < -0.39 is 18.1 Å². The first kappa shape index (κ1) is 22.9. The molecular formula is C22H32N2O5. The van der Waals surface area contributed by atoms with Crippen LogP contribution in [0.2, 0.25) is 0 Å². The first-order chi connectivity index (χ1) is 13.9. The van der Waals surface area contributed by atoms with E-state index in [1.54, 1.807) is 0 Å². The summed E-state index contributed by atoms with van der Waals surface area (Å²) in [6.45, 7) is 2.41. The molecule has 0 radical (unpaired) electrons. The Balaban J connectivity index is 1.82. The van der Waals surface area contributed by atoms with Crippen LogP contribution >= 0.6 is 0 Å². The lowest BCUT2D eigenvalue weighted by molar-refractivity contribution is -0.147. The van der Waals surface area contributed by atoms with E-state index in [1.165, 1.54) is 0 Å². The number of benzene rings is 1. The van der Waals surface area contributed by atoms with Crippen LogP contribution in [0.3, 0.4) is 0 Å². The quantitative estimate of drug-likeness (QED) is 0.407. The van der Waals surface area contributed by atoms with Crippen molar-refractivity contribution in [3.05, 3.63) is 35.9 Å². The van der Waals surface area contributed by atoms with Crippen molar-refractivity contribution in [1.29, 1.82) is 0 Å². The summed E-state index contributed by atoms with van der Waals surface area (Å²) in [6, 6.07) is 7.60. The molecule has 1 unspecified atom stereocenters. The Bertz CT molecular complexity index is 671. The molecule has 7 heteroatoms. The normalized spacial score (nSPS) is 21.0. The Labute approximate surface area is 172 Å². The predicted octanol–water partition coefficient (Wildman–Crippen LogP) is 2.28. The summed E-state index contributed by atoms with van der Waals surface area (Å²) in [5.41, 5.74) is 6.91. The van der Waals surface area contributed by atoms with Gasteiger partial charge in [0.2, 0.25) is 5.91 Å². The largest absolute Gasteiger partial charge is 0.480 e. The van der Waals surface area contributed by atoms with Gasteiger partial charge in [-0.25, -0.2) is 4.79 Å². The molecule has 0 saturated heterocycles. The summed E-state index contributed by atoms with van der Waals surface area (Å²) >= 11 is 0. The molecule has 1 saturated carbocycles. The molecule has 1 aliphatic rings. The summed E-state index contributed by atoms with van der Waals surface area (Å²) in [6.07, 6.45) is 4.49. The minimum atomic E-state index is -1.05. The van der Waals surface area contributed by atoms with Gasteiger partial charge in [-0.2, -0.15) is 0 Å². The van der Waals surface area contributed by atoms with E-state index in [2.05, 4.69) is 5.32 Å². The van der Waals surface area contributed by atoms with Crippen molar-refractivity contribution in [2.24, 2.45) is 17.6 Å². The van der Waals surface area contributed by atoms with Crippen LogP contribution in [0.15, 0.2) is 30.3 Å². The number of carboxylic acid groups (broad SMARTS) is 1. The van der Waals surface area contributed by atoms with E-state index in [9.17, 15) is 19.5 Å². The molecule has 0 aromatic heterocycles. The van der Waals surface area contributed by atoms with E-state index >= 15 is 0 Å². The van der Waals surface area contributed by atoms with Crippen molar-refractivity contribution in [1.82, 2.24) is 5.32 Å². The third-order valence-electron chi connectivity index (χ3n) is 5.56. The van der Waals surface area contributed by atoms with Crippen molar-refractivity contribution in [2.75, 3.05) is 6.61 Å². The van der Waals surface area contributed by atoms with Crippen LogP contribution < -0.4 is 11.1 Å². The van der Waals surface area contributed by atoms with Crippen LogP contribution in [0.25, 0.3) is 0 Å². The second kappa shape index (κ2) is 11.6. The van der Waals surface area contributed by atoms with Gasteiger partial charge in [-0.15, -0.1) is 0 Å². The Morgan fingerprint density at radius 1 is 1.17 bits per heavy atom. The smallest absolute Gasteiger partial charge is 0.326 e. The molecule has 0 aliphatic heterocycles. The second-order valence-corrected chi connectivity index (χ2v) is 7.75. The van der Waals surface area contributed by atoms with Crippen LogP contribution in [0.5, 0.6) is 0 Å². The van der Waals surface area contributed by atoms with Crippen molar-refractivity contribution < 1.29 is 24.2 Å². The van der Waals surface area contributed by atoms with Crippen LogP contribution in [0.4, 0.5) is 0 Å². The minimum absolute atomic E-state index is 0.00670. The van der Waals surface area contributed by atoms with Gasteiger partial charge in [-0.1, -0.05) is 43.7 Å². The van der Waals surface area contributed by atoms with Crippen molar-refractivity contribution in [3.63, 3.8) is 0 Å². The molecule has 160 valence electrons. The van der Waals surface area contributed by atoms with E-state index in [1.807, 2.05) is 37.3 Å². The summed E-state index contributed by atoms with van der Waals surface area (Å²) in [7, 11) is 0. The Morgan fingerprint density at radius 2 is 1.83 bits per heavy atom. The van der Waals surface area contributed by atoms with Crippen LogP contribution in [0, 0.1) is 11.8 Å². The van der Waals surface area contributed by atoms with Gasteiger partial charge in [-0.3, -0.25) is 9.59 Å². The number of nitrogens with two attached hydrogens (primary N) is 1. The van der Waals surface area contributed by atoms with Gasteiger partial charge in [0.05, 0.1) is 6.61 Å². The molecule has 29 heavy (non-hydrogen) atoms. The molecule has 1 aromatic rings. The van der Waals surface area contributed by atoms with E-state index in [0.29, 0.717) is 32.3 Å². The highest BCUT2D eigenvalue weighted by Gasteiger charge is 2.34. The first-order valence-corrected chi connectivity index (χ1v) is 10.4. The van der Waals surface area contributed by atoms with Crippen LogP contribution in [-0.4, -0.2) is 41.6 Å². The number of carbonyl (C=O) groups excluding carboxylic acids is 2. The fraction of sp³-hybridized carbons (Fsp3) is 0.591. The highest BCUT2D eigenvalue weighted by Crippen LogP contribution is 2.31. The fourth-order valence-electron chi connectivity index (χ4n) is 3.69. The number of carbonyl (C=O) groups is 3. The zero-order valence-corrected chi connectivity index (χ0v) is 17.0. The lowest BCUT2D eigenvalue weighted by atomic mass is 9.78. The fourth-order valence-corrected chi connectivity index (χ4v) is 3.69. The summed E-state index contributed by atoms with van der Waals surface area (Å²) in [4.78, 5) is 36.2. The Kier molecular flexibility index (Phi) is 9.12. The topological polar surface area (TPSA) is 119 Å². The zero-order chi connectivity index (χ0) is 21.2. The van der Waals surface area contributed by atoms with Gasteiger partial charge in [0.1, 0.15) is 12.1 Å². The molecule has 0 heterocycles. The minimum Gasteiger partial charge on any atom is -0.480 e. The number of esters is 1. The molecule has 2 atom stereocenters. The van der Waals surface area contributed by atoms with Crippen molar-refractivity contribution in [3.8, 4) is 0 Å². The Hall–Kier alpha value is -2.41. The number of carboxylic acids is 1. The second-order valence-electron chi connectivity index (χ2n) is 7.75. The molecule has 4 N–H and O–H groups in total. The van der Waals surface area contributed by atoms with Gasteiger partial charge < -0.3 is 20.9 Å². The maximum atomic E-state index is 12.6. The summed E-state index contributed by atoms with van der Waals surface area (Å²) in [5, 5.41) is 12.1. The molecule has 1 fully saturated rings. The maximum Gasteiger partial charge on any atom is 0.326 e. The number of amides is 1. The number of aliphatic carboxylic acids is 1. The average Bonchev–Trinajstić information content (AvgIpc) is 2.73. The first-order valence-electron chi connectivity index (χ1n) is 10.4. The number of nitrogens with one attached hydrogen (secondary N) is 1. The van der Waals surface area contributed by atoms with Gasteiger partial charge in [-0.05, 0) is 43.6 Å². The molecule has 1 aromatic carbocycles. The van der Waals surface area contributed by atoms with E-state index in [-0.39, 0.29) is 30.1 Å². The lowest BCUT2D eigenvalue weighted by Crippen LogP contribution is -2.47. The lowest BCUT2D eigenvalue weighted by Gasteiger charge is -2.31. The highest BCUT2D eigenvalue weighted by molar-refractivity contribution is 5.85. The third-order valence-corrected chi connectivity index (χ3v) is 5.56. The highest BCUT2D eigenvalue weighted by atomic mass is 16.5. The molecule has 0 bridgehead atoms. The number of hydrogen-bond acceptors (Lipinski definition) is 5. The van der Waals surface area contributed by atoms with Gasteiger partial charge in [0.25, 0.3) is 0 Å². The van der Waals surface area contributed by atoms with Gasteiger partial charge >= 0.3 is 11.9 Å². The molecule has 2 rings (SSSR count). The molecule has 1 amide bonds. The number of rotatable bonds is 10. The van der Waals surface area contributed by atoms with Gasteiger partial charge in [0.15, 0.2) is 0 Å². The van der Waals surface area contributed by atoms with Crippen LogP contribution in [0.1, 0.15) is 51.0 Å². The SMILES string of the molecule is CCCCOC(=O)C(N)C1CCC(C(=O)N[C@@H](Cc2ccccc2)C(=O)O)CC1. The van der Waals surface area contributed by atoms with Crippen molar-refractivity contribution in [2.45, 2.75) is 64.0 Å². The monoisotopic (exact) mass is 404 g/mol. The predicted molar refractivity (Wildman–Crippen MR) is 109 cm³/mol. The third kappa shape index (κ3) is 7.16. The average molecular weight is 405 g/mol. The summed E-state index contributed by atoms with van der Waals surface area (Å²) in [5.74, 6) is -1.93. The van der Waals surface area contributed by atoms with Crippen LogP contribution in [-0.2, 0) is 25.5 Å². The molecule has 1 aliphatic carbocycles. The number of ether oxygens (including phenoxy) is 1. The number of unbranched alkanes of at least 4 members (excludes halogenated alkanes) is 1. The van der Waals surface area contributed by atoms with Gasteiger partial charge in [0, 0.05) is 12.3 Å². The number of hydrogen-bond donors (Lipinski definition) is 3. The summed E-state index contributed by atoms with van der Waals surface area (Å²) < 4.78 is 5.20. The van der Waals surface area contributed by atoms with E-state index in [4.69, 9.17) is 10.5 Å². The Morgan fingerprint density at radius 3 is 2.41 bits per heavy atom. The molecular weight excluding hydrogens is 372 g/mol. The molecule has 0 spiro atoms. The van der Waals surface area contributed by atoms with E-state index in [0.717, 1.165) is 18.4 Å². The zero-order valence-electron chi connectivity index (χ0n) is 17.0. The molecule has 7 nitrogen and oxygen atoms in total. The standard InChI is InChI=1S/C22H32N2O5/c1-2-3-13-29-22(28)19(23)16-9-11-17(12-10-16)20(25)24-18(21(26)27)14-15-7-5-4-6-8-15/h4-8,16-19H,2-3,9-14,23H2,1H3,(H,24,25)(H,26,27)/t16?,17?,18-,19?/m0/s1. The van der Waals surface area contributed by atoms with Crippen molar-refractivity contribution >= 4 is 17.8 Å².